The van der Waals surface area contributed by atoms with Gasteiger partial charge in [-0.3, -0.25) is 4.90 Å². The zero-order valence-corrected chi connectivity index (χ0v) is 19.5. The Kier molecular flexibility index (Phi) is 8.00. The number of hydrogen-bond acceptors (Lipinski definition) is 5. The quantitative estimate of drug-likeness (QED) is 0.454. The molecule has 0 fully saturated rings. The second-order valence-corrected chi connectivity index (χ2v) is 8.83. The second-order valence-electron chi connectivity index (χ2n) is 8.39. The summed E-state index contributed by atoms with van der Waals surface area (Å²) in [6.45, 7) is 3.93. The topological polar surface area (TPSA) is 54.3 Å². The van der Waals surface area contributed by atoms with Crippen LogP contribution >= 0.6 is 11.6 Å². The molecule has 0 saturated carbocycles. The first kappa shape index (κ1) is 23.3. The van der Waals surface area contributed by atoms with E-state index in [9.17, 15) is 5.11 Å². The maximum absolute atomic E-state index is 10.7. The first-order valence-corrected chi connectivity index (χ1v) is 11.6. The lowest BCUT2D eigenvalue weighted by Gasteiger charge is -2.27. The summed E-state index contributed by atoms with van der Waals surface area (Å²) in [7, 11) is 0. The molecule has 0 bridgehead atoms. The Morgan fingerprint density at radius 2 is 1.88 bits per heavy atom. The number of aliphatic hydroxyl groups excluding tert-OH is 1. The fourth-order valence-electron chi connectivity index (χ4n) is 3.97. The molecule has 0 saturated heterocycles. The SMILES string of the molecule is Cc1ccccc1OC[C@H](O)CN(Cc1cccc(Cl)c1)C[C@H]1CC(c2ccccc2)=NO1. The summed E-state index contributed by atoms with van der Waals surface area (Å²) < 4.78 is 5.86. The lowest BCUT2D eigenvalue weighted by Crippen LogP contribution is -2.39. The zero-order chi connectivity index (χ0) is 23.0. The lowest BCUT2D eigenvalue weighted by molar-refractivity contribution is 0.0212. The van der Waals surface area contributed by atoms with Crippen LogP contribution < -0.4 is 4.74 Å². The number of ether oxygens (including phenoxy) is 1. The molecule has 1 N–H and O–H groups in total. The highest BCUT2D eigenvalue weighted by molar-refractivity contribution is 6.30. The van der Waals surface area contributed by atoms with Gasteiger partial charge in [0.15, 0.2) is 0 Å². The molecule has 6 heteroatoms. The zero-order valence-electron chi connectivity index (χ0n) is 18.7. The Morgan fingerprint density at radius 3 is 2.67 bits per heavy atom. The highest BCUT2D eigenvalue weighted by Crippen LogP contribution is 2.20. The summed E-state index contributed by atoms with van der Waals surface area (Å²) in [6, 6.07) is 25.7. The fourth-order valence-corrected chi connectivity index (χ4v) is 4.18. The van der Waals surface area contributed by atoms with Gasteiger partial charge in [-0.25, -0.2) is 0 Å². The number of rotatable bonds is 10. The molecule has 5 nitrogen and oxygen atoms in total. The molecule has 0 spiro atoms. The van der Waals surface area contributed by atoms with Crippen molar-refractivity contribution in [3.63, 3.8) is 0 Å². The van der Waals surface area contributed by atoms with E-state index in [1.54, 1.807) is 0 Å². The molecule has 33 heavy (non-hydrogen) atoms. The van der Waals surface area contributed by atoms with Crippen molar-refractivity contribution < 1.29 is 14.7 Å². The van der Waals surface area contributed by atoms with E-state index in [-0.39, 0.29) is 12.7 Å². The van der Waals surface area contributed by atoms with E-state index < -0.39 is 6.10 Å². The average molecular weight is 465 g/mol. The smallest absolute Gasteiger partial charge is 0.145 e. The Hall–Kier alpha value is -2.86. The Labute approximate surface area is 200 Å². The number of halogens is 1. The molecule has 0 aliphatic carbocycles. The molecule has 2 atom stereocenters. The Bertz CT molecular complexity index is 1070. The predicted octanol–water partition coefficient (Wildman–Crippen LogP) is 5.08. The third-order valence-electron chi connectivity index (χ3n) is 5.59. The van der Waals surface area contributed by atoms with Crippen LogP contribution in [0.1, 0.15) is 23.1 Å². The molecule has 0 aromatic heterocycles. The normalized spacial score (nSPS) is 16.4. The van der Waals surface area contributed by atoms with Crippen LogP contribution in [0.3, 0.4) is 0 Å². The number of nitrogens with zero attached hydrogens (tertiary/aromatic N) is 2. The molecule has 1 aliphatic heterocycles. The van der Waals surface area contributed by atoms with E-state index in [4.69, 9.17) is 21.2 Å². The molecular formula is C27H29ClN2O3. The first-order valence-electron chi connectivity index (χ1n) is 11.2. The molecule has 0 unspecified atom stereocenters. The van der Waals surface area contributed by atoms with Crippen LogP contribution in [-0.4, -0.2) is 47.6 Å². The summed E-state index contributed by atoms with van der Waals surface area (Å²) in [6.07, 6.45) is -0.00475. The van der Waals surface area contributed by atoms with Gasteiger partial charge in [0.05, 0.1) is 5.71 Å². The van der Waals surface area contributed by atoms with Gasteiger partial charge in [0.1, 0.15) is 24.6 Å². The standard InChI is InChI=1S/C27H29ClN2O3/c1-20-8-5-6-13-27(20)32-19-24(31)17-30(16-21-9-7-12-23(28)14-21)18-25-15-26(29-33-25)22-10-3-2-4-11-22/h2-14,24-25,31H,15-19H2,1H3/t24-,25-/m1/s1. The van der Waals surface area contributed by atoms with Crippen LogP contribution in [0, 0.1) is 6.92 Å². The summed E-state index contributed by atoms with van der Waals surface area (Å²) in [5, 5.41) is 15.8. The van der Waals surface area contributed by atoms with Crippen LogP contribution in [0.15, 0.2) is 84.0 Å². The highest BCUT2D eigenvalue weighted by atomic mass is 35.5. The first-order chi connectivity index (χ1) is 16.1. The minimum Gasteiger partial charge on any atom is -0.491 e. The van der Waals surface area contributed by atoms with Gasteiger partial charge in [0.2, 0.25) is 0 Å². The van der Waals surface area contributed by atoms with Gasteiger partial charge >= 0.3 is 0 Å². The summed E-state index contributed by atoms with van der Waals surface area (Å²) >= 11 is 6.19. The number of aryl methyl sites for hydroxylation is 1. The van der Waals surface area contributed by atoms with E-state index in [0.717, 1.165) is 34.6 Å². The second kappa shape index (κ2) is 11.3. The third kappa shape index (κ3) is 6.81. The van der Waals surface area contributed by atoms with Crippen LogP contribution in [0.25, 0.3) is 0 Å². The van der Waals surface area contributed by atoms with Crippen LogP contribution in [0.5, 0.6) is 5.75 Å². The molecule has 3 aromatic rings. The molecule has 1 heterocycles. The lowest BCUT2D eigenvalue weighted by atomic mass is 10.0. The maximum Gasteiger partial charge on any atom is 0.145 e. The van der Waals surface area contributed by atoms with Crippen molar-refractivity contribution in [1.29, 1.82) is 0 Å². The van der Waals surface area contributed by atoms with Crippen LogP contribution in [0.2, 0.25) is 5.02 Å². The minimum absolute atomic E-state index is 0.0797. The Balaban J connectivity index is 1.38. The molecule has 3 aromatic carbocycles. The molecule has 1 aliphatic rings. The number of hydrogen-bond donors (Lipinski definition) is 1. The highest BCUT2D eigenvalue weighted by Gasteiger charge is 2.26. The van der Waals surface area contributed by atoms with Crippen LogP contribution in [0.4, 0.5) is 0 Å². The number of para-hydroxylation sites is 1. The van der Waals surface area contributed by atoms with E-state index in [2.05, 4.69) is 10.1 Å². The van der Waals surface area contributed by atoms with E-state index >= 15 is 0 Å². The average Bonchev–Trinajstić information content (AvgIpc) is 3.27. The fraction of sp³-hybridized carbons (Fsp3) is 0.296. The molecule has 172 valence electrons. The van der Waals surface area contributed by atoms with Gasteiger partial charge in [0, 0.05) is 31.1 Å². The molecular weight excluding hydrogens is 436 g/mol. The van der Waals surface area contributed by atoms with E-state index in [0.29, 0.717) is 24.7 Å². The van der Waals surface area contributed by atoms with Crippen molar-refractivity contribution in [2.75, 3.05) is 19.7 Å². The van der Waals surface area contributed by atoms with Gasteiger partial charge in [-0.1, -0.05) is 77.4 Å². The van der Waals surface area contributed by atoms with E-state index in [1.165, 1.54) is 0 Å². The van der Waals surface area contributed by atoms with Crippen molar-refractivity contribution >= 4 is 17.3 Å². The van der Waals surface area contributed by atoms with Crippen molar-refractivity contribution in [2.24, 2.45) is 5.16 Å². The van der Waals surface area contributed by atoms with Gasteiger partial charge in [-0.15, -0.1) is 0 Å². The van der Waals surface area contributed by atoms with Gasteiger partial charge in [-0.05, 0) is 41.8 Å². The summed E-state index contributed by atoms with van der Waals surface area (Å²) in [5.74, 6) is 0.790. The molecule has 0 amide bonds. The van der Waals surface area contributed by atoms with Crippen molar-refractivity contribution in [2.45, 2.75) is 32.1 Å². The number of aliphatic hydroxyl groups is 1. The molecule has 0 radical (unpaired) electrons. The monoisotopic (exact) mass is 464 g/mol. The summed E-state index contributed by atoms with van der Waals surface area (Å²) in [5.41, 5.74) is 4.15. The minimum atomic E-state index is -0.653. The van der Waals surface area contributed by atoms with Gasteiger partial charge in [0.25, 0.3) is 0 Å². The molecule has 4 rings (SSSR count). The summed E-state index contributed by atoms with van der Waals surface area (Å²) in [4.78, 5) is 7.92. The van der Waals surface area contributed by atoms with Crippen molar-refractivity contribution in [1.82, 2.24) is 4.90 Å². The van der Waals surface area contributed by atoms with Gasteiger partial charge < -0.3 is 14.7 Å². The number of oxime groups is 1. The van der Waals surface area contributed by atoms with Crippen LogP contribution in [-0.2, 0) is 11.4 Å². The van der Waals surface area contributed by atoms with Gasteiger partial charge in [-0.2, -0.15) is 0 Å². The maximum atomic E-state index is 10.7. The Morgan fingerprint density at radius 1 is 1.09 bits per heavy atom. The van der Waals surface area contributed by atoms with Crippen molar-refractivity contribution in [3.8, 4) is 5.75 Å². The van der Waals surface area contributed by atoms with Crippen molar-refractivity contribution in [3.05, 3.63) is 101 Å². The third-order valence-corrected chi connectivity index (χ3v) is 5.83. The predicted molar refractivity (Wildman–Crippen MR) is 132 cm³/mol. The largest absolute Gasteiger partial charge is 0.491 e. The van der Waals surface area contributed by atoms with E-state index in [1.807, 2.05) is 85.8 Å². The number of benzene rings is 3.